The van der Waals surface area contributed by atoms with Crippen molar-refractivity contribution < 1.29 is 4.39 Å². The van der Waals surface area contributed by atoms with Crippen LogP contribution in [0.4, 0.5) is 4.39 Å². The Balaban J connectivity index is 1.42. The predicted octanol–water partition coefficient (Wildman–Crippen LogP) is 2.73. The summed E-state index contributed by atoms with van der Waals surface area (Å²) in [4.78, 5) is 9.82. The Morgan fingerprint density at radius 2 is 1.89 bits per heavy atom. The summed E-state index contributed by atoms with van der Waals surface area (Å²) < 4.78 is 14.8. The Morgan fingerprint density at radius 1 is 1.15 bits per heavy atom. The van der Waals surface area contributed by atoms with E-state index >= 15 is 0 Å². The maximum absolute atomic E-state index is 13.0. The zero-order valence-electron chi connectivity index (χ0n) is 15.4. The lowest BCUT2D eigenvalue weighted by Gasteiger charge is -2.10. The summed E-state index contributed by atoms with van der Waals surface area (Å²) in [6.45, 7) is 3.56. The second-order valence-corrected chi connectivity index (χ2v) is 7.34. The Bertz CT molecular complexity index is 884. The molecule has 0 fully saturated rings. The van der Waals surface area contributed by atoms with Crippen LogP contribution >= 0.6 is 11.3 Å². The van der Waals surface area contributed by atoms with Gasteiger partial charge in [0.25, 0.3) is 0 Å². The van der Waals surface area contributed by atoms with E-state index < -0.39 is 0 Å². The molecule has 2 aromatic heterocycles. The van der Waals surface area contributed by atoms with Gasteiger partial charge in [0.1, 0.15) is 5.82 Å². The van der Waals surface area contributed by atoms with E-state index in [2.05, 4.69) is 32.6 Å². The summed E-state index contributed by atoms with van der Waals surface area (Å²) in [5.41, 5.74) is 1.80. The zero-order chi connectivity index (χ0) is 19.1. The number of benzene rings is 1. The quantitative estimate of drug-likeness (QED) is 0.484. The molecule has 0 bridgehead atoms. The third-order valence-corrected chi connectivity index (χ3v) is 4.91. The number of guanidine groups is 1. The second-order valence-electron chi connectivity index (χ2n) is 6.02. The van der Waals surface area contributed by atoms with Crippen molar-refractivity contribution in [3.63, 3.8) is 0 Å². The number of thiazole rings is 1. The highest BCUT2D eigenvalue weighted by molar-refractivity contribution is 7.11. The Hall–Kier alpha value is -2.74. The summed E-state index contributed by atoms with van der Waals surface area (Å²) in [7, 11) is 1.76. The van der Waals surface area contributed by atoms with E-state index in [1.54, 1.807) is 35.2 Å². The lowest BCUT2D eigenvalue weighted by Crippen LogP contribution is -2.39. The highest BCUT2D eigenvalue weighted by atomic mass is 32.1. The number of rotatable bonds is 7. The molecule has 142 valence electrons. The number of nitrogens with one attached hydrogen (secondary N) is 2. The molecule has 6 nitrogen and oxygen atoms in total. The Labute approximate surface area is 162 Å². The molecule has 0 amide bonds. The van der Waals surface area contributed by atoms with E-state index in [1.807, 2.05) is 18.5 Å². The molecule has 0 aliphatic rings. The molecule has 1 aromatic carbocycles. The van der Waals surface area contributed by atoms with Crippen LogP contribution < -0.4 is 10.6 Å². The van der Waals surface area contributed by atoms with Gasteiger partial charge in [-0.25, -0.2) is 14.1 Å². The number of hydrogen-bond donors (Lipinski definition) is 2. The van der Waals surface area contributed by atoms with Crippen molar-refractivity contribution in [2.24, 2.45) is 4.99 Å². The first-order valence-electron chi connectivity index (χ1n) is 8.80. The van der Waals surface area contributed by atoms with Gasteiger partial charge in [-0.1, -0.05) is 0 Å². The molecule has 2 N–H and O–H groups in total. The summed E-state index contributed by atoms with van der Waals surface area (Å²) in [5.74, 6) is 0.514. The number of nitrogens with zero attached hydrogens (tertiary/aromatic N) is 4. The fourth-order valence-corrected chi connectivity index (χ4v) is 3.35. The van der Waals surface area contributed by atoms with Gasteiger partial charge >= 0.3 is 0 Å². The normalized spacial score (nSPS) is 11.6. The van der Waals surface area contributed by atoms with Crippen LogP contribution in [-0.2, 0) is 12.8 Å². The molecular weight excluding hydrogens is 363 g/mol. The van der Waals surface area contributed by atoms with E-state index in [4.69, 9.17) is 0 Å². The minimum atomic E-state index is -0.251. The Kier molecular flexibility index (Phi) is 6.54. The van der Waals surface area contributed by atoms with Crippen LogP contribution in [0.15, 0.2) is 47.7 Å². The topological polar surface area (TPSA) is 67.1 Å². The van der Waals surface area contributed by atoms with Gasteiger partial charge in [0.05, 0.1) is 16.4 Å². The monoisotopic (exact) mass is 386 g/mol. The van der Waals surface area contributed by atoms with Gasteiger partial charge < -0.3 is 10.6 Å². The molecule has 0 saturated carbocycles. The van der Waals surface area contributed by atoms with Gasteiger partial charge in [-0.3, -0.25) is 4.99 Å². The van der Waals surface area contributed by atoms with Gasteiger partial charge in [-0.15, -0.1) is 11.3 Å². The average molecular weight is 387 g/mol. The van der Waals surface area contributed by atoms with Gasteiger partial charge in [-0.2, -0.15) is 5.10 Å². The van der Waals surface area contributed by atoms with Crippen LogP contribution in [0.25, 0.3) is 5.69 Å². The molecule has 3 rings (SSSR count). The van der Waals surface area contributed by atoms with E-state index in [1.165, 1.54) is 17.0 Å². The molecule has 2 heterocycles. The van der Waals surface area contributed by atoms with Gasteiger partial charge in [0.2, 0.25) is 0 Å². The molecule has 0 aliphatic heterocycles. The van der Waals surface area contributed by atoms with Crippen molar-refractivity contribution >= 4 is 17.3 Å². The minimum absolute atomic E-state index is 0.251. The number of aliphatic imine (C=N–C) groups is 1. The predicted molar refractivity (Wildman–Crippen MR) is 107 cm³/mol. The standard InChI is InChI=1S/C19H23FN6S/c1-14-13-24-18(27-14)8-11-23-19(21-2)22-10-7-16-9-12-26(25-16)17-5-3-15(20)4-6-17/h3-6,9,12-13H,7-8,10-11H2,1-2H3,(H2,21,22,23). The van der Waals surface area contributed by atoms with Crippen molar-refractivity contribution in [2.75, 3.05) is 20.1 Å². The highest BCUT2D eigenvalue weighted by Gasteiger charge is 2.04. The van der Waals surface area contributed by atoms with Crippen LogP contribution in [-0.4, -0.2) is 40.9 Å². The van der Waals surface area contributed by atoms with Crippen LogP contribution in [0, 0.1) is 12.7 Å². The van der Waals surface area contributed by atoms with E-state index in [0.717, 1.165) is 48.3 Å². The van der Waals surface area contributed by atoms with E-state index in [9.17, 15) is 4.39 Å². The summed E-state index contributed by atoms with van der Waals surface area (Å²) in [6, 6.07) is 8.24. The first-order chi connectivity index (χ1) is 13.1. The molecule has 0 atom stereocenters. The molecule has 0 unspecified atom stereocenters. The fourth-order valence-electron chi connectivity index (χ4n) is 2.57. The molecule has 0 saturated heterocycles. The molecule has 8 heteroatoms. The number of hydrogen-bond acceptors (Lipinski definition) is 4. The third-order valence-electron chi connectivity index (χ3n) is 3.93. The largest absolute Gasteiger partial charge is 0.356 e. The number of halogens is 1. The van der Waals surface area contributed by atoms with Crippen molar-refractivity contribution in [1.29, 1.82) is 0 Å². The third kappa shape index (κ3) is 5.62. The second kappa shape index (κ2) is 9.27. The minimum Gasteiger partial charge on any atom is -0.356 e. The SMILES string of the molecule is CN=C(NCCc1ccn(-c2ccc(F)cc2)n1)NCCc1ncc(C)s1. The average Bonchev–Trinajstić information content (AvgIpc) is 3.30. The summed E-state index contributed by atoms with van der Waals surface area (Å²) in [5, 5.41) is 12.2. The first kappa shape index (κ1) is 19.0. The van der Waals surface area contributed by atoms with Gasteiger partial charge in [0, 0.05) is 50.2 Å². The molecule has 27 heavy (non-hydrogen) atoms. The van der Waals surface area contributed by atoms with Crippen LogP contribution in [0.2, 0.25) is 0 Å². The smallest absolute Gasteiger partial charge is 0.191 e. The highest BCUT2D eigenvalue weighted by Crippen LogP contribution is 2.11. The molecular formula is C19H23FN6S. The molecule has 0 spiro atoms. The molecule has 0 radical (unpaired) electrons. The lowest BCUT2D eigenvalue weighted by molar-refractivity contribution is 0.627. The van der Waals surface area contributed by atoms with Crippen LogP contribution in [0.3, 0.4) is 0 Å². The van der Waals surface area contributed by atoms with Crippen molar-refractivity contribution in [1.82, 2.24) is 25.4 Å². The van der Waals surface area contributed by atoms with E-state index in [0.29, 0.717) is 0 Å². The Morgan fingerprint density at radius 3 is 2.56 bits per heavy atom. The summed E-state index contributed by atoms with van der Waals surface area (Å²) >= 11 is 1.72. The van der Waals surface area contributed by atoms with Gasteiger partial charge in [0.15, 0.2) is 5.96 Å². The maximum Gasteiger partial charge on any atom is 0.191 e. The number of aryl methyl sites for hydroxylation is 1. The zero-order valence-corrected chi connectivity index (χ0v) is 16.3. The summed E-state index contributed by atoms with van der Waals surface area (Å²) in [6.07, 6.45) is 5.42. The van der Waals surface area contributed by atoms with Crippen LogP contribution in [0.1, 0.15) is 15.6 Å². The first-order valence-corrected chi connectivity index (χ1v) is 9.62. The number of aromatic nitrogens is 3. The molecule has 0 aliphatic carbocycles. The van der Waals surface area contributed by atoms with Crippen molar-refractivity contribution in [3.8, 4) is 5.69 Å². The van der Waals surface area contributed by atoms with Gasteiger partial charge in [-0.05, 0) is 37.3 Å². The van der Waals surface area contributed by atoms with Crippen LogP contribution in [0.5, 0.6) is 0 Å². The van der Waals surface area contributed by atoms with Crippen molar-refractivity contribution in [3.05, 3.63) is 64.1 Å². The fraction of sp³-hybridized carbons (Fsp3) is 0.316. The van der Waals surface area contributed by atoms with Crippen molar-refractivity contribution in [2.45, 2.75) is 19.8 Å². The maximum atomic E-state index is 13.0. The van der Waals surface area contributed by atoms with E-state index in [-0.39, 0.29) is 5.82 Å². The molecule has 3 aromatic rings. The lowest BCUT2D eigenvalue weighted by atomic mass is 10.3.